The quantitative estimate of drug-likeness (QED) is 0.154. The van der Waals surface area contributed by atoms with Crippen LogP contribution in [0.5, 0.6) is 0 Å². The molecular formula is C46H32N2O2. The number of fused-ring (bicyclic) bond motifs is 2. The summed E-state index contributed by atoms with van der Waals surface area (Å²) in [6.07, 6.45) is 3.80. The zero-order chi connectivity index (χ0) is 33.3. The van der Waals surface area contributed by atoms with Crippen LogP contribution in [0.25, 0.3) is 44.2 Å². The molecule has 238 valence electrons. The van der Waals surface area contributed by atoms with Gasteiger partial charge in [-0.3, -0.25) is 0 Å². The third-order valence-corrected chi connectivity index (χ3v) is 9.16. The fourth-order valence-corrected chi connectivity index (χ4v) is 6.97. The maximum Gasteiger partial charge on any atom is 0.161 e. The zero-order valence-corrected chi connectivity index (χ0v) is 27.2. The van der Waals surface area contributed by atoms with Crippen molar-refractivity contribution in [2.75, 3.05) is 9.80 Å². The van der Waals surface area contributed by atoms with Crippen LogP contribution in [0.15, 0.2) is 203 Å². The number of anilines is 6. The second kappa shape index (κ2) is 12.7. The fraction of sp³-hybridized carbons (Fsp3) is 0. The molecule has 50 heavy (non-hydrogen) atoms. The van der Waals surface area contributed by atoms with E-state index in [2.05, 4.69) is 155 Å². The van der Waals surface area contributed by atoms with E-state index in [0.717, 1.165) is 78.3 Å². The van der Waals surface area contributed by atoms with E-state index in [1.54, 1.807) is 0 Å². The predicted molar refractivity (Wildman–Crippen MR) is 206 cm³/mol. The number of furan rings is 2. The van der Waals surface area contributed by atoms with Crippen LogP contribution in [0.2, 0.25) is 0 Å². The van der Waals surface area contributed by atoms with Crippen molar-refractivity contribution in [1.82, 2.24) is 0 Å². The van der Waals surface area contributed by atoms with E-state index in [1.165, 1.54) is 0 Å². The van der Waals surface area contributed by atoms with Crippen molar-refractivity contribution in [1.29, 1.82) is 0 Å². The summed E-state index contributed by atoms with van der Waals surface area (Å²) < 4.78 is 13.8. The van der Waals surface area contributed by atoms with Gasteiger partial charge in [0.2, 0.25) is 0 Å². The van der Waals surface area contributed by atoms with Crippen LogP contribution in [0.4, 0.5) is 34.1 Å². The Kier molecular flexibility index (Phi) is 7.45. The molecule has 0 bridgehead atoms. The molecule has 0 radical (unpaired) electrons. The average molecular weight is 645 g/mol. The highest BCUT2D eigenvalue weighted by molar-refractivity contribution is 6.26. The van der Waals surface area contributed by atoms with E-state index in [-0.39, 0.29) is 0 Å². The Morgan fingerprint density at radius 1 is 0.300 bits per heavy atom. The van der Waals surface area contributed by atoms with Crippen molar-refractivity contribution in [2.24, 2.45) is 0 Å². The lowest BCUT2D eigenvalue weighted by Gasteiger charge is -2.30. The summed E-state index contributed by atoms with van der Waals surface area (Å²) in [5, 5.41) is 1.91. The molecule has 0 aliphatic carbocycles. The van der Waals surface area contributed by atoms with Crippen molar-refractivity contribution in [2.45, 2.75) is 0 Å². The predicted octanol–water partition coefficient (Wildman–Crippen LogP) is 13.5. The molecule has 0 unspecified atom stereocenters. The Morgan fingerprint density at radius 2 is 0.560 bits per heavy atom. The first-order chi connectivity index (χ1) is 24.9. The molecule has 0 spiro atoms. The number of rotatable bonds is 8. The van der Waals surface area contributed by atoms with Crippen LogP contribution in [-0.2, 0) is 0 Å². The van der Waals surface area contributed by atoms with Gasteiger partial charge in [0, 0.05) is 33.9 Å². The van der Waals surface area contributed by atoms with Gasteiger partial charge in [-0.1, -0.05) is 133 Å². The van der Waals surface area contributed by atoms with E-state index in [9.17, 15) is 0 Å². The van der Waals surface area contributed by atoms with Gasteiger partial charge in [-0.25, -0.2) is 0 Å². The van der Waals surface area contributed by atoms with E-state index >= 15 is 0 Å². The summed E-state index contributed by atoms with van der Waals surface area (Å²) in [6.45, 7) is 0. The molecule has 0 saturated heterocycles. The number of nitrogens with zero attached hydrogens (tertiary/aromatic N) is 2. The molecule has 9 aromatic rings. The molecule has 0 fully saturated rings. The van der Waals surface area contributed by atoms with Gasteiger partial charge in [-0.05, 0) is 59.7 Å². The maximum atomic E-state index is 6.88. The summed E-state index contributed by atoms with van der Waals surface area (Å²) in [5.41, 5.74) is 11.4. The van der Waals surface area contributed by atoms with Crippen molar-refractivity contribution >= 4 is 56.1 Å². The smallest absolute Gasteiger partial charge is 0.161 e. The van der Waals surface area contributed by atoms with Crippen LogP contribution >= 0.6 is 0 Å². The summed E-state index contributed by atoms with van der Waals surface area (Å²) >= 11 is 0. The Balaban J connectivity index is 1.50. The Hall–Kier alpha value is -6.78. The molecule has 0 aliphatic rings. The van der Waals surface area contributed by atoms with E-state index in [1.807, 2.05) is 48.9 Å². The Bertz CT molecular complexity index is 2250. The molecule has 0 aliphatic heterocycles. The van der Waals surface area contributed by atoms with E-state index in [0.29, 0.717) is 0 Å². The standard InChI is InChI=1S/C46H32N2O2/c1-7-19-33(20-8-1)39-31-49-45-41(39)43(47(35-23-11-3-12-24-35)36-25-13-4-14-26-36)46-42(40(32-50-46)34-21-9-2-10-22-34)44(45)48(37-27-15-5-16-28-37)38-29-17-6-18-30-38/h1-32H. The van der Waals surface area contributed by atoms with Gasteiger partial charge >= 0.3 is 0 Å². The molecule has 9 rings (SSSR count). The van der Waals surface area contributed by atoms with Gasteiger partial charge < -0.3 is 18.6 Å². The minimum atomic E-state index is 0.759. The first kappa shape index (κ1) is 29.4. The first-order valence-electron chi connectivity index (χ1n) is 16.8. The lowest BCUT2D eigenvalue weighted by atomic mass is 9.95. The third-order valence-electron chi connectivity index (χ3n) is 9.16. The fourth-order valence-electron chi connectivity index (χ4n) is 6.97. The highest BCUT2D eigenvalue weighted by Crippen LogP contribution is 2.56. The lowest BCUT2D eigenvalue weighted by Crippen LogP contribution is -2.14. The molecule has 0 atom stereocenters. The monoisotopic (exact) mass is 644 g/mol. The second-order valence-electron chi connectivity index (χ2n) is 12.1. The van der Waals surface area contributed by atoms with Crippen LogP contribution < -0.4 is 9.80 Å². The minimum Gasteiger partial charge on any atom is -0.461 e. The van der Waals surface area contributed by atoms with Gasteiger partial charge in [-0.2, -0.15) is 0 Å². The average Bonchev–Trinajstić information content (AvgIpc) is 3.84. The highest BCUT2D eigenvalue weighted by atomic mass is 16.3. The number of para-hydroxylation sites is 4. The molecule has 0 amide bonds. The third kappa shape index (κ3) is 5.02. The zero-order valence-electron chi connectivity index (χ0n) is 27.2. The van der Waals surface area contributed by atoms with Crippen molar-refractivity contribution in [3.8, 4) is 22.3 Å². The molecular weight excluding hydrogens is 613 g/mol. The molecule has 2 aromatic heterocycles. The molecule has 4 heteroatoms. The van der Waals surface area contributed by atoms with Crippen molar-refractivity contribution < 1.29 is 8.83 Å². The number of hydrogen-bond acceptors (Lipinski definition) is 4. The summed E-state index contributed by atoms with van der Waals surface area (Å²) in [7, 11) is 0. The summed E-state index contributed by atoms with van der Waals surface area (Å²) in [4.78, 5) is 4.59. The van der Waals surface area contributed by atoms with Gasteiger partial charge in [0.15, 0.2) is 11.2 Å². The van der Waals surface area contributed by atoms with Gasteiger partial charge in [-0.15, -0.1) is 0 Å². The van der Waals surface area contributed by atoms with Crippen molar-refractivity contribution in [3.63, 3.8) is 0 Å². The van der Waals surface area contributed by atoms with Crippen LogP contribution in [0.3, 0.4) is 0 Å². The number of hydrogen-bond donors (Lipinski definition) is 0. The Labute approximate surface area is 290 Å². The Morgan fingerprint density at radius 3 is 0.840 bits per heavy atom. The molecule has 2 heterocycles. The van der Waals surface area contributed by atoms with E-state index in [4.69, 9.17) is 8.83 Å². The second-order valence-corrected chi connectivity index (χ2v) is 12.1. The van der Waals surface area contributed by atoms with Gasteiger partial charge in [0.1, 0.15) is 11.4 Å². The maximum absolute atomic E-state index is 6.88. The molecule has 4 nitrogen and oxygen atoms in total. The molecule has 0 saturated carbocycles. The highest BCUT2D eigenvalue weighted by Gasteiger charge is 2.32. The summed E-state index contributed by atoms with van der Waals surface area (Å²) in [5.74, 6) is 0. The van der Waals surface area contributed by atoms with E-state index < -0.39 is 0 Å². The largest absolute Gasteiger partial charge is 0.461 e. The molecule has 7 aromatic carbocycles. The van der Waals surface area contributed by atoms with Gasteiger partial charge in [0.25, 0.3) is 0 Å². The topological polar surface area (TPSA) is 32.8 Å². The van der Waals surface area contributed by atoms with Crippen LogP contribution in [0.1, 0.15) is 0 Å². The van der Waals surface area contributed by atoms with Crippen molar-refractivity contribution in [3.05, 3.63) is 195 Å². The molecule has 0 N–H and O–H groups in total. The summed E-state index contributed by atoms with van der Waals surface area (Å²) in [6, 6.07) is 62.8. The number of benzene rings is 7. The first-order valence-corrected chi connectivity index (χ1v) is 16.8. The lowest BCUT2D eigenvalue weighted by molar-refractivity contribution is 0.613. The van der Waals surface area contributed by atoms with Crippen LogP contribution in [0, 0.1) is 0 Å². The normalized spacial score (nSPS) is 11.2. The minimum absolute atomic E-state index is 0.759. The van der Waals surface area contributed by atoms with Crippen LogP contribution in [-0.4, -0.2) is 0 Å². The SMILES string of the molecule is c1ccc(-c2coc3c(N(c4ccccc4)c4ccccc4)c4c(-c5ccccc5)coc4c(N(c4ccccc4)c4ccccc4)c23)cc1. The van der Waals surface area contributed by atoms with Gasteiger partial charge in [0.05, 0.1) is 23.3 Å².